The minimum atomic E-state index is -1.19. The number of alkyl carbamates (subject to hydrolysis) is 1. The van der Waals surface area contributed by atoms with E-state index in [0.29, 0.717) is 12.8 Å². The summed E-state index contributed by atoms with van der Waals surface area (Å²) in [5, 5.41) is 5.34. The first-order valence-corrected chi connectivity index (χ1v) is 10.2. The monoisotopic (exact) mass is 434 g/mol. The van der Waals surface area contributed by atoms with E-state index in [9.17, 15) is 19.2 Å². The predicted molar refractivity (Wildman–Crippen MR) is 111 cm³/mol. The van der Waals surface area contributed by atoms with E-state index in [1.807, 2.05) is 30.3 Å². The lowest BCUT2D eigenvalue weighted by Gasteiger charge is -2.29. The molecule has 9 nitrogen and oxygen atoms in total. The van der Waals surface area contributed by atoms with Crippen molar-refractivity contribution in [3.05, 3.63) is 35.9 Å². The average molecular weight is 434 g/mol. The van der Waals surface area contributed by atoms with Crippen molar-refractivity contribution in [1.29, 1.82) is 0 Å². The van der Waals surface area contributed by atoms with Crippen LogP contribution in [0.1, 0.15) is 46.1 Å². The molecule has 9 heteroatoms. The maximum Gasteiger partial charge on any atom is 0.408 e. The fraction of sp³-hybridized carbons (Fsp3) is 0.545. The summed E-state index contributed by atoms with van der Waals surface area (Å²) in [4.78, 5) is 49.2. The number of esters is 2. The minimum Gasteiger partial charge on any atom is -0.457 e. The third kappa shape index (κ3) is 8.65. The molecule has 1 aromatic carbocycles. The van der Waals surface area contributed by atoms with Crippen molar-refractivity contribution in [3.8, 4) is 0 Å². The molecule has 3 atom stereocenters. The second kappa shape index (κ2) is 10.8. The largest absolute Gasteiger partial charge is 0.457 e. The maximum atomic E-state index is 13.0. The lowest BCUT2D eigenvalue weighted by atomic mass is 10.0. The number of carbonyl (C=O) groups is 4. The van der Waals surface area contributed by atoms with Crippen LogP contribution in [0.2, 0.25) is 0 Å². The first kappa shape index (κ1) is 24.2. The van der Waals surface area contributed by atoms with Gasteiger partial charge < -0.3 is 24.8 Å². The van der Waals surface area contributed by atoms with Crippen LogP contribution in [0.4, 0.5) is 4.79 Å². The van der Waals surface area contributed by atoms with Gasteiger partial charge in [0.1, 0.15) is 17.7 Å². The summed E-state index contributed by atoms with van der Waals surface area (Å²) in [7, 11) is 0. The summed E-state index contributed by atoms with van der Waals surface area (Å²) in [6.45, 7) is 6.00. The van der Waals surface area contributed by atoms with Crippen LogP contribution in [0, 0.1) is 0 Å². The van der Waals surface area contributed by atoms with Crippen LogP contribution in [-0.4, -0.2) is 54.3 Å². The summed E-state index contributed by atoms with van der Waals surface area (Å²) >= 11 is 0. The number of amides is 2. The lowest BCUT2D eigenvalue weighted by Crippen LogP contribution is -2.56. The molecule has 0 radical (unpaired) electrons. The Hall–Kier alpha value is -3.10. The highest BCUT2D eigenvalue weighted by atomic mass is 16.6. The highest BCUT2D eigenvalue weighted by Crippen LogP contribution is 2.12. The number of hydrogen-bond donors (Lipinski definition) is 2. The zero-order chi connectivity index (χ0) is 23.0. The second-order valence-corrected chi connectivity index (χ2v) is 8.41. The third-order valence-electron chi connectivity index (χ3n) is 4.46. The number of nitrogens with one attached hydrogen (secondary N) is 2. The number of carbonyl (C=O) groups excluding carboxylic acids is 4. The van der Waals surface area contributed by atoms with Gasteiger partial charge in [0.25, 0.3) is 0 Å². The van der Waals surface area contributed by atoms with Gasteiger partial charge in [0, 0.05) is 12.5 Å². The molecule has 2 rings (SSSR count). The summed E-state index contributed by atoms with van der Waals surface area (Å²) in [5.41, 5.74) is 0.208. The van der Waals surface area contributed by atoms with E-state index in [2.05, 4.69) is 10.6 Å². The van der Waals surface area contributed by atoms with E-state index in [-0.39, 0.29) is 6.42 Å². The van der Waals surface area contributed by atoms with Crippen LogP contribution in [-0.2, 0) is 35.0 Å². The first-order chi connectivity index (χ1) is 14.5. The quantitative estimate of drug-likeness (QED) is 0.550. The van der Waals surface area contributed by atoms with Gasteiger partial charge >= 0.3 is 18.0 Å². The molecule has 0 aromatic heterocycles. The maximum absolute atomic E-state index is 13.0. The van der Waals surface area contributed by atoms with Crippen molar-refractivity contribution >= 4 is 23.9 Å². The minimum absolute atomic E-state index is 0.0186. The molecule has 1 saturated heterocycles. The van der Waals surface area contributed by atoms with E-state index >= 15 is 0 Å². The summed E-state index contributed by atoms with van der Waals surface area (Å²) in [6.07, 6.45) is -1.02. The van der Waals surface area contributed by atoms with Gasteiger partial charge in [-0.2, -0.15) is 0 Å². The van der Waals surface area contributed by atoms with E-state index in [1.54, 1.807) is 20.8 Å². The highest BCUT2D eigenvalue weighted by molar-refractivity contribution is 5.87. The zero-order valence-corrected chi connectivity index (χ0v) is 18.3. The van der Waals surface area contributed by atoms with Gasteiger partial charge in [-0.1, -0.05) is 30.3 Å². The fourth-order valence-electron chi connectivity index (χ4n) is 3.06. The molecule has 1 heterocycles. The molecule has 2 amide bonds. The fourth-order valence-corrected chi connectivity index (χ4v) is 3.06. The summed E-state index contributed by atoms with van der Waals surface area (Å²) in [6, 6.07) is 7.91. The topological polar surface area (TPSA) is 120 Å². The first-order valence-electron chi connectivity index (χ1n) is 10.2. The normalized spacial score (nSPS) is 23.4. The number of ether oxygens (including phenoxy) is 3. The number of benzene rings is 1. The molecule has 1 aliphatic rings. The number of cyclic esters (lactones) is 2. The molecule has 1 unspecified atom stereocenters. The Balaban J connectivity index is 2.21. The molecule has 0 spiro atoms. The number of hydrogen-bond acceptors (Lipinski definition) is 7. The zero-order valence-electron chi connectivity index (χ0n) is 18.3. The van der Waals surface area contributed by atoms with Crippen LogP contribution >= 0.6 is 0 Å². The highest BCUT2D eigenvalue weighted by Gasteiger charge is 2.33. The molecule has 1 aliphatic heterocycles. The van der Waals surface area contributed by atoms with Crippen molar-refractivity contribution in [2.75, 3.05) is 6.61 Å². The van der Waals surface area contributed by atoms with E-state index in [4.69, 9.17) is 14.2 Å². The SMILES string of the molecule is C[C@H]1OC(=O)COC(=O)CCC(Cc2ccccc2)NC(=O)[C@H]1NC(=O)OC(C)(C)C. The van der Waals surface area contributed by atoms with Crippen molar-refractivity contribution in [2.24, 2.45) is 0 Å². The standard InChI is InChI=1S/C22H30N2O7/c1-14-19(24-21(28)31-22(2,3)4)20(27)23-16(12-15-8-6-5-7-9-15)10-11-17(25)29-13-18(26)30-14/h5-9,14,16,19H,10-13H2,1-4H3,(H,23,27)(H,24,28)/t14-,16?,19+/m1/s1. The van der Waals surface area contributed by atoms with Gasteiger partial charge in [0.15, 0.2) is 6.61 Å². The van der Waals surface area contributed by atoms with Crippen LogP contribution < -0.4 is 10.6 Å². The lowest BCUT2D eigenvalue weighted by molar-refractivity contribution is -0.163. The molecule has 31 heavy (non-hydrogen) atoms. The van der Waals surface area contributed by atoms with Gasteiger partial charge in [0.2, 0.25) is 5.91 Å². The molecule has 0 saturated carbocycles. The molecule has 0 aliphatic carbocycles. The Morgan fingerprint density at radius 3 is 2.48 bits per heavy atom. The van der Waals surface area contributed by atoms with Gasteiger partial charge in [0.05, 0.1) is 0 Å². The van der Waals surface area contributed by atoms with Gasteiger partial charge in [-0.15, -0.1) is 0 Å². The summed E-state index contributed by atoms with van der Waals surface area (Å²) < 4.78 is 15.4. The Bertz CT molecular complexity index is 789. The molecule has 1 fully saturated rings. The third-order valence-corrected chi connectivity index (χ3v) is 4.46. The van der Waals surface area contributed by atoms with Crippen molar-refractivity contribution in [1.82, 2.24) is 10.6 Å². The number of rotatable bonds is 3. The van der Waals surface area contributed by atoms with E-state index in [1.165, 1.54) is 6.92 Å². The van der Waals surface area contributed by atoms with E-state index in [0.717, 1.165) is 5.56 Å². The summed E-state index contributed by atoms with van der Waals surface area (Å²) in [5.74, 6) is -1.91. The van der Waals surface area contributed by atoms with Gasteiger partial charge in [-0.25, -0.2) is 9.59 Å². The van der Waals surface area contributed by atoms with Crippen LogP contribution in [0.5, 0.6) is 0 Å². The van der Waals surface area contributed by atoms with Crippen LogP contribution in [0.15, 0.2) is 30.3 Å². The average Bonchev–Trinajstić information content (AvgIpc) is 2.67. The van der Waals surface area contributed by atoms with E-state index < -0.39 is 54.3 Å². The Labute approximate surface area is 181 Å². The van der Waals surface area contributed by atoms with Crippen molar-refractivity contribution in [3.63, 3.8) is 0 Å². The van der Waals surface area contributed by atoms with Gasteiger partial charge in [-0.05, 0) is 46.1 Å². The molecule has 170 valence electrons. The molecular weight excluding hydrogens is 404 g/mol. The molecule has 0 bridgehead atoms. The molecular formula is C22H30N2O7. The Morgan fingerprint density at radius 2 is 1.84 bits per heavy atom. The predicted octanol–water partition coefficient (Wildman–Crippen LogP) is 1.88. The second-order valence-electron chi connectivity index (χ2n) is 8.41. The molecule has 2 N–H and O–H groups in total. The molecule has 1 aromatic rings. The van der Waals surface area contributed by atoms with Gasteiger partial charge in [-0.3, -0.25) is 9.59 Å². The van der Waals surface area contributed by atoms with Crippen LogP contribution in [0.3, 0.4) is 0 Å². The Morgan fingerprint density at radius 1 is 1.16 bits per heavy atom. The van der Waals surface area contributed by atoms with Crippen LogP contribution in [0.25, 0.3) is 0 Å². The Kier molecular flexibility index (Phi) is 8.41. The smallest absolute Gasteiger partial charge is 0.408 e. The van der Waals surface area contributed by atoms with Crippen molar-refractivity contribution < 1.29 is 33.4 Å². The van der Waals surface area contributed by atoms with Crippen molar-refractivity contribution in [2.45, 2.75) is 70.7 Å².